The molecule has 0 spiro atoms. The summed E-state index contributed by atoms with van der Waals surface area (Å²) in [4.78, 5) is 6.03. The number of imidazole rings is 1. The number of fused-ring (bicyclic) bond motifs is 1. The summed E-state index contributed by atoms with van der Waals surface area (Å²) in [6.07, 6.45) is -0.155. The van der Waals surface area contributed by atoms with Crippen molar-refractivity contribution in [1.29, 1.82) is 0 Å². The van der Waals surface area contributed by atoms with Gasteiger partial charge in [0, 0.05) is 43.7 Å². The summed E-state index contributed by atoms with van der Waals surface area (Å²) in [5, 5.41) is 11.1. The molecule has 0 saturated carbocycles. The molecular formula is C16H20F3N7. The van der Waals surface area contributed by atoms with Crippen LogP contribution in [-0.2, 0) is 12.7 Å². The van der Waals surface area contributed by atoms with Gasteiger partial charge in [0.05, 0.1) is 0 Å². The first-order valence-electron chi connectivity index (χ1n) is 8.19. The first-order valence-corrected chi connectivity index (χ1v) is 8.19. The molecule has 0 saturated heterocycles. The molecule has 3 rings (SSSR count). The van der Waals surface area contributed by atoms with Crippen LogP contribution in [0.1, 0.15) is 29.2 Å². The molecule has 0 aliphatic heterocycles. The van der Waals surface area contributed by atoms with Gasteiger partial charge in [-0.2, -0.15) is 17.7 Å². The van der Waals surface area contributed by atoms with Crippen molar-refractivity contribution >= 4 is 11.5 Å². The van der Waals surface area contributed by atoms with Gasteiger partial charge in [0.2, 0.25) is 0 Å². The lowest BCUT2D eigenvalue weighted by Crippen LogP contribution is -2.24. The highest BCUT2D eigenvalue weighted by molar-refractivity contribution is 5.59. The van der Waals surface area contributed by atoms with Crippen LogP contribution in [0, 0.1) is 20.8 Å². The van der Waals surface area contributed by atoms with Crippen molar-refractivity contribution in [2.75, 3.05) is 18.5 Å². The fourth-order valence-corrected chi connectivity index (χ4v) is 2.88. The average molecular weight is 367 g/mol. The number of hydrogen-bond donors (Lipinski definition) is 0. The van der Waals surface area contributed by atoms with Crippen LogP contribution in [0.5, 0.6) is 0 Å². The zero-order valence-electron chi connectivity index (χ0n) is 15.0. The largest absolute Gasteiger partial charge is 0.453 e. The van der Waals surface area contributed by atoms with Gasteiger partial charge in [0.25, 0.3) is 5.82 Å². The van der Waals surface area contributed by atoms with Gasteiger partial charge < -0.3 is 9.47 Å². The number of halogens is 3. The lowest BCUT2D eigenvalue weighted by Gasteiger charge is -2.21. The molecule has 0 atom stereocenters. The van der Waals surface area contributed by atoms with Crippen molar-refractivity contribution in [2.24, 2.45) is 0 Å². The number of anilines is 1. The van der Waals surface area contributed by atoms with Crippen molar-refractivity contribution in [3.8, 4) is 0 Å². The Bertz CT molecular complexity index is 926. The highest BCUT2D eigenvalue weighted by Crippen LogP contribution is 2.30. The first kappa shape index (κ1) is 18.2. The molecule has 0 aliphatic carbocycles. The second kappa shape index (κ2) is 6.58. The maximum Gasteiger partial charge on any atom is 0.453 e. The van der Waals surface area contributed by atoms with Crippen LogP contribution < -0.4 is 4.90 Å². The normalized spacial score (nSPS) is 12.1. The highest BCUT2D eigenvalue weighted by atomic mass is 19.4. The predicted molar refractivity (Wildman–Crippen MR) is 90.1 cm³/mol. The molecule has 26 heavy (non-hydrogen) atoms. The Kier molecular flexibility index (Phi) is 4.59. The minimum atomic E-state index is -4.61. The molecule has 3 aromatic rings. The second-order valence-electron chi connectivity index (χ2n) is 6.27. The molecule has 140 valence electrons. The maximum absolute atomic E-state index is 13.1. The van der Waals surface area contributed by atoms with Crippen molar-refractivity contribution in [2.45, 2.75) is 39.9 Å². The molecular weight excluding hydrogens is 347 g/mol. The molecule has 0 N–H and O–H groups in total. The quantitative estimate of drug-likeness (QED) is 0.694. The van der Waals surface area contributed by atoms with Crippen molar-refractivity contribution < 1.29 is 13.2 Å². The third-order valence-electron chi connectivity index (χ3n) is 4.50. The van der Waals surface area contributed by atoms with E-state index in [2.05, 4.69) is 20.3 Å². The number of aryl methyl sites for hydroxylation is 3. The van der Waals surface area contributed by atoms with Crippen LogP contribution >= 0.6 is 0 Å². The van der Waals surface area contributed by atoms with Crippen molar-refractivity contribution in [3.63, 3.8) is 0 Å². The zero-order valence-corrected chi connectivity index (χ0v) is 15.0. The fourth-order valence-electron chi connectivity index (χ4n) is 2.88. The number of nitrogens with zero attached hydrogens (tertiary/aromatic N) is 7. The Morgan fingerprint density at radius 2 is 1.85 bits per heavy atom. The van der Waals surface area contributed by atoms with E-state index in [1.807, 2.05) is 36.6 Å². The highest BCUT2D eigenvalue weighted by Gasteiger charge is 2.38. The van der Waals surface area contributed by atoms with Gasteiger partial charge in [-0.15, -0.1) is 15.3 Å². The van der Waals surface area contributed by atoms with Crippen molar-refractivity contribution in [1.82, 2.24) is 29.4 Å². The van der Waals surface area contributed by atoms with E-state index in [9.17, 15) is 13.2 Å². The van der Waals surface area contributed by atoms with Gasteiger partial charge in [-0.05, 0) is 27.2 Å². The summed E-state index contributed by atoms with van der Waals surface area (Å²) in [5.41, 5.74) is 1.55. The standard InChI is InChI=1S/C16H20F3N7/c1-10-11(2)14(23-26-13(10)21-22-15(26)16(17,18)19)24(4)7-5-8-25-9-6-20-12(25)3/h6,9H,5,7-8H2,1-4H3. The summed E-state index contributed by atoms with van der Waals surface area (Å²) in [5.74, 6) is 0.306. The topological polar surface area (TPSA) is 64.1 Å². The van der Waals surface area contributed by atoms with Crippen LogP contribution in [0.25, 0.3) is 5.65 Å². The van der Waals surface area contributed by atoms with Gasteiger partial charge in [-0.3, -0.25) is 0 Å². The van der Waals surface area contributed by atoms with E-state index in [0.717, 1.165) is 28.9 Å². The Hall–Kier alpha value is -2.65. The Labute approximate surface area is 148 Å². The van der Waals surface area contributed by atoms with Crippen LogP contribution in [0.2, 0.25) is 0 Å². The molecule has 3 heterocycles. The molecule has 0 unspecified atom stereocenters. The third-order valence-corrected chi connectivity index (χ3v) is 4.50. The van der Waals surface area contributed by atoms with Gasteiger partial charge in [-0.1, -0.05) is 0 Å². The van der Waals surface area contributed by atoms with E-state index in [1.165, 1.54) is 0 Å². The third kappa shape index (κ3) is 3.23. The van der Waals surface area contributed by atoms with Gasteiger partial charge in [0.1, 0.15) is 5.82 Å². The molecule has 0 amide bonds. The minimum absolute atomic E-state index is 0.126. The number of hydrogen-bond acceptors (Lipinski definition) is 5. The lowest BCUT2D eigenvalue weighted by atomic mass is 10.1. The minimum Gasteiger partial charge on any atom is -0.358 e. The van der Waals surface area contributed by atoms with Gasteiger partial charge in [-0.25, -0.2) is 4.98 Å². The van der Waals surface area contributed by atoms with Crippen LogP contribution in [0.15, 0.2) is 12.4 Å². The number of aromatic nitrogens is 6. The smallest absolute Gasteiger partial charge is 0.358 e. The second-order valence-corrected chi connectivity index (χ2v) is 6.27. The average Bonchev–Trinajstić information content (AvgIpc) is 3.17. The summed E-state index contributed by atoms with van der Waals surface area (Å²) >= 11 is 0. The Morgan fingerprint density at radius 1 is 1.12 bits per heavy atom. The molecule has 0 fully saturated rings. The molecule has 0 aromatic carbocycles. The SMILES string of the molecule is Cc1c(N(C)CCCn2ccnc2C)nn2c(C(F)(F)F)nnc2c1C. The molecule has 0 radical (unpaired) electrons. The maximum atomic E-state index is 13.1. The molecule has 10 heteroatoms. The Morgan fingerprint density at radius 3 is 2.46 bits per heavy atom. The Balaban J connectivity index is 1.86. The van der Waals surface area contributed by atoms with E-state index >= 15 is 0 Å². The lowest BCUT2D eigenvalue weighted by molar-refractivity contribution is -0.146. The van der Waals surface area contributed by atoms with E-state index in [-0.39, 0.29) is 5.65 Å². The molecule has 0 aliphatic rings. The van der Waals surface area contributed by atoms with Crippen LogP contribution in [0.4, 0.5) is 19.0 Å². The van der Waals surface area contributed by atoms with Crippen LogP contribution in [-0.4, -0.2) is 43.0 Å². The monoisotopic (exact) mass is 367 g/mol. The van der Waals surface area contributed by atoms with Crippen molar-refractivity contribution in [3.05, 3.63) is 35.2 Å². The van der Waals surface area contributed by atoms with E-state index in [1.54, 1.807) is 13.1 Å². The predicted octanol–water partition coefficient (Wildman–Crippen LogP) is 2.79. The molecule has 7 nitrogen and oxygen atoms in total. The summed E-state index contributed by atoms with van der Waals surface area (Å²) < 4.78 is 42.2. The van der Waals surface area contributed by atoms with E-state index in [0.29, 0.717) is 17.9 Å². The summed E-state index contributed by atoms with van der Waals surface area (Å²) in [6, 6.07) is 0. The fraction of sp³-hybridized carbons (Fsp3) is 0.500. The van der Waals surface area contributed by atoms with Crippen LogP contribution in [0.3, 0.4) is 0 Å². The zero-order chi connectivity index (χ0) is 19.1. The van der Waals surface area contributed by atoms with E-state index in [4.69, 9.17) is 0 Å². The molecule has 3 aromatic heterocycles. The summed E-state index contributed by atoms with van der Waals surface area (Å²) in [7, 11) is 1.82. The number of rotatable bonds is 5. The summed E-state index contributed by atoms with van der Waals surface area (Å²) in [6.45, 7) is 6.90. The number of alkyl halides is 3. The first-order chi connectivity index (χ1) is 12.2. The van der Waals surface area contributed by atoms with Gasteiger partial charge >= 0.3 is 6.18 Å². The molecule has 0 bridgehead atoms. The van der Waals surface area contributed by atoms with Gasteiger partial charge in [0.15, 0.2) is 11.5 Å². The van der Waals surface area contributed by atoms with E-state index < -0.39 is 12.0 Å².